The van der Waals surface area contributed by atoms with Gasteiger partial charge in [-0.2, -0.15) is 0 Å². The van der Waals surface area contributed by atoms with Crippen LogP contribution in [0.4, 0.5) is 10.5 Å². The number of amides is 4. The third-order valence-electron chi connectivity index (χ3n) is 3.82. The molecule has 2 aliphatic heterocycles. The number of carbonyl (C=O) groups excluding carboxylic acids is 3. The van der Waals surface area contributed by atoms with E-state index in [0.29, 0.717) is 16.8 Å². The maximum absolute atomic E-state index is 12.4. The number of fused-ring (bicyclic) bond motifs is 1. The average molecular weight is 303 g/mol. The summed E-state index contributed by atoms with van der Waals surface area (Å²) in [5, 5.41) is 13.3. The molecule has 0 saturated carbocycles. The van der Waals surface area contributed by atoms with Crippen LogP contribution >= 0.6 is 0 Å². The van der Waals surface area contributed by atoms with Crippen LogP contribution in [0.5, 0.6) is 0 Å². The molecule has 0 aromatic heterocycles. The minimum absolute atomic E-state index is 0.136. The number of nitrogens with one attached hydrogen (secondary N) is 2. The Morgan fingerprint density at radius 3 is 2.77 bits per heavy atom. The number of benzene rings is 1. The second-order valence-corrected chi connectivity index (χ2v) is 5.16. The second-order valence-electron chi connectivity index (χ2n) is 5.16. The summed E-state index contributed by atoms with van der Waals surface area (Å²) in [5.41, 5.74) is 1.24. The van der Waals surface area contributed by atoms with Gasteiger partial charge in [0.25, 0.3) is 5.91 Å². The second kappa shape index (κ2) is 5.14. The molecule has 114 valence electrons. The topological polar surface area (TPSA) is 116 Å². The fourth-order valence-electron chi connectivity index (χ4n) is 2.82. The number of hydrogen-bond acceptors (Lipinski definition) is 4. The molecular weight excluding hydrogens is 290 g/mol. The van der Waals surface area contributed by atoms with Crippen LogP contribution in [-0.2, 0) is 16.1 Å². The molecule has 22 heavy (non-hydrogen) atoms. The van der Waals surface area contributed by atoms with Crippen molar-refractivity contribution < 1.29 is 24.3 Å². The van der Waals surface area contributed by atoms with Crippen LogP contribution in [-0.4, -0.2) is 39.9 Å². The first-order chi connectivity index (χ1) is 10.5. The van der Waals surface area contributed by atoms with E-state index in [2.05, 4.69) is 10.6 Å². The van der Waals surface area contributed by atoms with Gasteiger partial charge >= 0.3 is 6.09 Å². The fraction of sp³-hybridized carbons (Fsp3) is 0.286. The van der Waals surface area contributed by atoms with E-state index < -0.39 is 18.0 Å². The highest BCUT2D eigenvalue weighted by molar-refractivity contribution is 6.06. The molecule has 3 rings (SSSR count). The zero-order chi connectivity index (χ0) is 15.9. The molecule has 3 N–H and O–H groups in total. The lowest BCUT2D eigenvalue weighted by molar-refractivity contribution is -0.136. The monoisotopic (exact) mass is 303 g/mol. The van der Waals surface area contributed by atoms with Gasteiger partial charge in [-0.3, -0.25) is 25.0 Å². The summed E-state index contributed by atoms with van der Waals surface area (Å²) in [6, 6.07) is 4.02. The van der Waals surface area contributed by atoms with Crippen molar-refractivity contribution in [1.82, 2.24) is 10.2 Å². The number of imide groups is 1. The first-order valence-electron chi connectivity index (χ1n) is 6.74. The summed E-state index contributed by atoms with van der Waals surface area (Å²) < 4.78 is 0. The highest BCUT2D eigenvalue weighted by atomic mass is 16.4. The summed E-state index contributed by atoms with van der Waals surface area (Å²) >= 11 is 0. The van der Waals surface area contributed by atoms with Gasteiger partial charge in [0.1, 0.15) is 6.04 Å². The molecule has 0 unspecified atom stereocenters. The molecule has 0 aliphatic carbocycles. The van der Waals surface area contributed by atoms with Crippen molar-refractivity contribution in [1.29, 1.82) is 0 Å². The van der Waals surface area contributed by atoms with E-state index in [9.17, 15) is 19.2 Å². The molecule has 0 spiro atoms. The molecule has 2 aliphatic rings. The first kappa shape index (κ1) is 14.1. The molecule has 1 saturated heterocycles. The summed E-state index contributed by atoms with van der Waals surface area (Å²) in [5.74, 6) is -1.18. The Bertz CT molecular complexity index is 700. The Labute approximate surface area is 125 Å². The van der Waals surface area contributed by atoms with Gasteiger partial charge in [-0.15, -0.1) is 0 Å². The molecular formula is C14H13N3O5. The van der Waals surface area contributed by atoms with E-state index in [1.807, 2.05) is 0 Å². The molecule has 1 aromatic rings. The van der Waals surface area contributed by atoms with Crippen molar-refractivity contribution in [3.05, 3.63) is 29.3 Å². The quantitative estimate of drug-likeness (QED) is 0.689. The van der Waals surface area contributed by atoms with Gasteiger partial charge in [0.2, 0.25) is 11.8 Å². The Hall–Kier alpha value is -2.90. The average Bonchev–Trinajstić information content (AvgIpc) is 2.77. The molecule has 1 aromatic carbocycles. The Morgan fingerprint density at radius 2 is 2.09 bits per heavy atom. The molecule has 0 radical (unpaired) electrons. The maximum Gasteiger partial charge on any atom is 0.409 e. The van der Waals surface area contributed by atoms with E-state index in [0.717, 1.165) is 0 Å². The molecule has 8 heteroatoms. The lowest BCUT2D eigenvalue weighted by Gasteiger charge is -2.29. The van der Waals surface area contributed by atoms with Gasteiger partial charge in [0.15, 0.2) is 0 Å². The summed E-state index contributed by atoms with van der Waals surface area (Å²) in [6.45, 7) is 0.136. The van der Waals surface area contributed by atoms with Crippen LogP contribution in [0.25, 0.3) is 0 Å². The van der Waals surface area contributed by atoms with E-state index in [-0.39, 0.29) is 31.2 Å². The number of piperidine rings is 1. The normalized spacial score (nSPS) is 20.6. The van der Waals surface area contributed by atoms with Gasteiger partial charge in [0.05, 0.1) is 0 Å². The van der Waals surface area contributed by atoms with Crippen molar-refractivity contribution in [3.8, 4) is 0 Å². The van der Waals surface area contributed by atoms with Crippen molar-refractivity contribution in [2.45, 2.75) is 25.4 Å². The smallest absolute Gasteiger partial charge is 0.409 e. The highest BCUT2D eigenvalue weighted by Crippen LogP contribution is 2.32. The van der Waals surface area contributed by atoms with E-state index in [1.54, 1.807) is 18.2 Å². The minimum Gasteiger partial charge on any atom is -0.465 e. The summed E-state index contributed by atoms with van der Waals surface area (Å²) in [7, 11) is 0. The summed E-state index contributed by atoms with van der Waals surface area (Å²) in [6.07, 6.45) is -0.775. The van der Waals surface area contributed by atoms with Crippen molar-refractivity contribution in [2.24, 2.45) is 0 Å². The molecule has 8 nitrogen and oxygen atoms in total. The van der Waals surface area contributed by atoms with Crippen LogP contribution in [0.3, 0.4) is 0 Å². The van der Waals surface area contributed by atoms with Gasteiger partial charge in [-0.25, -0.2) is 4.79 Å². The lowest BCUT2D eigenvalue weighted by atomic mass is 10.0. The van der Waals surface area contributed by atoms with E-state index in [4.69, 9.17) is 5.11 Å². The SMILES string of the molecule is O=C(O)Nc1cccc2c1CN([C@H]1CCC(=O)NC1=O)C2=O. The standard InChI is InChI=1S/C14H13N3O5/c18-11-5-4-10(12(19)16-11)17-6-8-7(13(17)20)2-1-3-9(8)15-14(21)22/h1-3,10,15H,4-6H2,(H,21,22)(H,16,18,19)/t10-/m0/s1. The number of carbonyl (C=O) groups is 4. The minimum atomic E-state index is -1.22. The Kier molecular flexibility index (Phi) is 3.28. The van der Waals surface area contributed by atoms with Gasteiger partial charge in [-0.1, -0.05) is 6.07 Å². The van der Waals surface area contributed by atoms with Crippen molar-refractivity contribution in [2.75, 3.05) is 5.32 Å². The Balaban J connectivity index is 1.89. The van der Waals surface area contributed by atoms with Gasteiger partial charge < -0.3 is 10.0 Å². The molecule has 1 fully saturated rings. The van der Waals surface area contributed by atoms with E-state index in [1.165, 1.54) is 4.90 Å². The van der Waals surface area contributed by atoms with Crippen LogP contribution in [0, 0.1) is 0 Å². The highest BCUT2D eigenvalue weighted by Gasteiger charge is 2.39. The van der Waals surface area contributed by atoms with Crippen LogP contribution < -0.4 is 10.6 Å². The van der Waals surface area contributed by atoms with Crippen molar-refractivity contribution >= 4 is 29.5 Å². The third-order valence-corrected chi connectivity index (χ3v) is 3.82. The number of anilines is 1. The number of carboxylic acid groups (broad SMARTS) is 1. The summed E-state index contributed by atoms with van der Waals surface area (Å²) in [4.78, 5) is 47.7. The molecule has 1 atom stereocenters. The van der Waals surface area contributed by atoms with Crippen molar-refractivity contribution in [3.63, 3.8) is 0 Å². The molecule has 4 amide bonds. The maximum atomic E-state index is 12.4. The fourth-order valence-corrected chi connectivity index (χ4v) is 2.82. The van der Waals surface area contributed by atoms with Crippen LogP contribution in [0.1, 0.15) is 28.8 Å². The number of nitrogens with zero attached hydrogens (tertiary/aromatic N) is 1. The predicted molar refractivity (Wildman–Crippen MR) is 74.1 cm³/mol. The molecule has 2 heterocycles. The van der Waals surface area contributed by atoms with Gasteiger partial charge in [0, 0.05) is 29.8 Å². The lowest BCUT2D eigenvalue weighted by Crippen LogP contribution is -2.52. The predicted octanol–water partition coefficient (Wildman–Crippen LogP) is 0.537. The van der Waals surface area contributed by atoms with Crippen LogP contribution in [0.2, 0.25) is 0 Å². The first-order valence-corrected chi connectivity index (χ1v) is 6.74. The largest absolute Gasteiger partial charge is 0.465 e. The third kappa shape index (κ3) is 2.28. The molecule has 0 bridgehead atoms. The Morgan fingerprint density at radius 1 is 1.32 bits per heavy atom. The number of rotatable bonds is 2. The zero-order valence-electron chi connectivity index (χ0n) is 11.5. The van der Waals surface area contributed by atoms with E-state index >= 15 is 0 Å². The zero-order valence-corrected chi connectivity index (χ0v) is 11.5. The van der Waals surface area contributed by atoms with Gasteiger partial charge in [-0.05, 0) is 18.6 Å². The van der Waals surface area contributed by atoms with Crippen LogP contribution in [0.15, 0.2) is 18.2 Å². The number of hydrogen-bond donors (Lipinski definition) is 3.